The van der Waals surface area contributed by atoms with Crippen molar-refractivity contribution in [3.8, 4) is 73.6 Å². The van der Waals surface area contributed by atoms with Crippen LogP contribution < -0.4 is 29.1 Å². The van der Waals surface area contributed by atoms with Gasteiger partial charge in [-0.3, -0.25) is 0 Å². The number of nitriles is 1. The first-order chi connectivity index (χ1) is 64.1. The van der Waals surface area contributed by atoms with E-state index >= 15 is 0 Å². The first-order valence-electron chi connectivity index (χ1n) is 45.4. The van der Waals surface area contributed by atoms with Crippen LogP contribution in [0.5, 0.6) is 23.0 Å². The standard InChI is InChI=1S/C62H46N4O.C62H52N2O/c1-37-18-24-50-52(44-19-21-48(22-20-44)65(46-14-10-8-11-15-46)62-41(5)31-45(64-7)32-42(62)6)34-55-54(53(50)26-37)35-57-51-25-23-49(33-58(51)67-59-28-38(2)27-56(55)60(57)59)66(47-16-12-9-13-17-47)61-39(3)29-43(36-63)30-40(61)4;1-37-19-25-50-52(45-20-22-48(23-21-45)63(46-15-11-9-12-16-46)61-41(5)27-38(2)28-42(61)6)35-55-54(53(50)31-37)36-57-51-26-24-49(34-58(51)65-59-33-40(4)32-56(55)60(57)59)64(47-17-13-10-14-18-47)62-43(7)29-39(3)30-44(62)8/h8-35H,1-6H3;9-36H,1-8H3. The number of para-hydroxylation sites is 4. The zero-order chi connectivity index (χ0) is 90.8. The van der Waals surface area contributed by atoms with Crippen molar-refractivity contribution in [1.82, 2.24) is 0 Å². The van der Waals surface area contributed by atoms with Crippen LogP contribution in [0.2, 0.25) is 0 Å². The topological polar surface area (TPSA) is 59.6 Å². The highest BCUT2D eigenvalue weighted by Gasteiger charge is 2.31. The average Bonchev–Trinajstić information content (AvgIpc) is 0.712. The molecular formula is C124H98N6O2. The number of nitrogens with zero attached hydrogens (tertiary/aromatic N) is 6. The fourth-order valence-electron chi connectivity index (χ4n) is 21.3. The molecule has 0 aromatic heterocycles. The van der Waals surface area contributed by atoms with Crippen LogP contribution in [0.1, 0.15) is 83.5 Å². The van der Waals surface area contributed by atoms with Gasteiger partial charge >= 0.3 is 0 Å². The first kappa shape index (κ1) is 82.7. The summed E-state index contributed by atoms with van der Waals surface area (Å²) in [7, 11) is 0. The maximum absolute atomic E-state index is 9.78. The molecule has 636 valence electrons. The van der Waals surface area contributed by atoms with Crippen molar-refractivity contribution in [3.05, 3.63) is 435 Å². The third kappa shape index (κ3) is 14.5. The van der Waals surface area contributed by atoms with Gasteiger partial charge in [0.05, 0.1) is 35.3 Å². The molecule has 8 nitrogen and oxygen atoms in total. The van der Waals surface area contributed by atoms with Gasteiger partial charge in [-0.15, -0.1) is 0 Å². The molecular weight excluding hydrogens is 1610 g/mol. The molecule has 0 saturated heterocycles. The van der Waals surface area contributed by atoms with Gasteiger partial charge in [0.15, 0.2) is 5.69 Å². The van der Waals surface area contributed by atoms with Crippen LogP contribution in [0.4, 0.5) is 73.9 Å². The minimum Gasteiger partial charge on any atom is -0.456 e. The van der Waals surface area contributed by atoms with E-state index in [9.17, 15) is 5.26 Å². The van der Waals surface area contributed by atoms with Crippen LogP contribution in [0.3, 0.4) is 0 Å². The van der Waals surface area contributed by atoms with Crippen molar-refractivity contribution in [2.24, 2.45) is 0 Å². The minimum absolute atomic E-state index is 0.648. The highest BCUT2D eigenvalue weighted by Crippen LogP contribution is 2.57. The SMILES string of the molecule is Cc1cc(C)c(N(c2ccccc2)c2ccc(-c3cc4c5cc(C)cc6c5c(cc4c4cc(C)ccc34)-c3ccc(N(c4ccccc4)c4c(C)cc(C)cc4C)cc3O6)cc2)c(C)c1.[C-]#[N+]c1cc(C)c(N(c2ccccc2)c2ccc(-c3cc4c5cc(C)cc6c5c(cc4c4cc(C)ccc34)-c3ccc(N(c4ccccc4)c4c(C)cc(C#N)cc4C)cc3O6)cc2)c(C)c1. The third-order valence-electron chi connectivity index (χ3n) is 26.6. The van der Waals surface area contributed by atoms with Gasteiger partial charge in [-0.05, 0) is 385 Å². The van der Waals surface area contributed by atoms with E-state index in [1.807, 2.05) is 36.4 Å². The van der Waals surface area contributed by atoms with E-state index in [1.54, 1.807) is 0 Å². The Labute approximate surface area is 772 Å². The van der Waals surface area contributed by atoms with Crippen molar-refractivity contribution in [1.29, 1.82) is 5.26 Å². The Morgan fingerprint density at radius 2 is 0.508 bits per heavy atom. The molecule has 0 bridgehead atoms. The van der Waals surface area contributed by atoms with E-state index in [-0.39, 0.29) is 0 Å². The molecule has 2 aliphatic rings. The van der Waals surface area contributed by atoms with Gasteiger partial charge in [-0.25, -0.2) is 4.85 Å². The molecule has 2 aliphatic heterocycles. The Morgan fingerprint density at radius 3 is 0.848 bits per heavy atom. The summed E-state index contributed by atoms with van der Waals surface area (Å²) >= 11 is 0. The van der Waals surface area contributed by atoms with E-state index in [2.05, 4.69) is 431 Å². The molecule has 8 heteroatoms. The van der Waals surface area contributed by atoms with Crippen LogP contribution in [-0.2, 0) is 0 Å². The van der Waals surface area contributed by atoms with Gasteiger partial charge in [0.25, 0.3) is 0 Å². The van der Waals surface area contributed by atoms with Crippen molar-refractivity contribution in [3.63, 3.8) is 0 Å². The summed E-state index contributed by atoms with van der Waals surface area (Å²) in [6.07, 6.45) is 0. The summed E-state index contributed by atoms with van der Waals surface area (Å²) in [6.45, 7) is 37.9. The maximum Gasteiger partial charge on any atom is 0.187 e. The van der Waals surface area contributed by atoms with Crippen LogP contribution in [-0.4, -0.2) is 0 Å². The van der Waals surface area contributed by atoms with Crippen molar-refractivity contribution in [2.45, 2.75) is 96.9 Å². The molecule has 22 rings (SSSR count). The number of rotatable bonds is 14. The van der Waals surface area contributed by atoms with Gasteiger partial charge in [0.1, 0.15) is 23.0 Å². The zero-order valence-corrected chi connectivity index (χ0v) is 76.8. The molecule has 20 aromatic rings. The fourth-order valence-corrected chi connectivity index (χ4v) is 21.3. The number of hydrogen-bond acceptors (Lipinski definition) is 7. The van der Waals surface area contributed by atoms with Crippen LogP contribution >= 0.6 is 0 Å². The lowest BCUT2D eigenvalue weighted by molar-refractivity contribution is 0.486. The van der Waals surface area contributed by atoms with Gasteiger partial charge in [0, 0.05) is 85.2 Å². The molecule has 0 fully saturated rings. The van der Waals surface area contributed by atoms with Crippen molar-refractivity contribution in [2.75, 3.05) is 19.6 Å². The average molecular weight is 1700 g/mol. The van der Waals surface area contributed by atoms with Crippen LogP contribution in [0.25, 0.3) is 114 Å². The zero-order valence-electron chi connectivity index (χ0n) is 76.8. The lowest BCUT2D eigenvalue weighted by Gasteiger charge is -2.30. The smallest absolute Gasteiger partial charge is 0.187 e. The van der Waals surface area contributed by atoms with Gasteiger partial charge in [-0.1, -0.05) is 204 Å². The number of hydrogen-bond donors (Lipinski definition) is 0. The largest absolute Gasteiger partial charge is 0.456 e. The second-order valence-corrected chi connectivity index (χ2v) is 36.3. The Bertz CT molecular complexity index is 8160. The fraction of sp³-hybridized carbons (Fsp3) is 0.113. The molecule has 0 unspecified atom stereocenters. The lowest BCUT2D eigenvalue weighted by Crippen LogP contribution is -2.13. The number of aryl methyl sites for hydroxylation is 14. The summed E-state index contributed by atoms with van der Waals surface area (Å²) in [5, 5.41) is 24.2. The molecule has 0 spiro atoms. The second kappa shape index (κ2) is 33.1. The summed E-state index contributed by atoms with van der Waals surface area (Å²) in [4.78, 5) is 13.1. The van der Waals surface area contributed by atoms with Gasteiger partial charge in [-0.2, -0.15) is 5.26 Å². The predicted molar refractivity (Wildman–Crippen MR) is 556 cm³/mol. The van der Waals surface area contributed by atoms with Crippen molar-refractivity contribution < 1.29 is 9.47 Å². The van der Waals surface area contributed by atoms with Gasteiger partial charge < -0.3 is 29.1 Å². The van der Waals surface area contributed by atoms with E-state index in [0.29, 0.717) is 11.3 Å². The lowest BCUT2D eigenvalue weighted by atomic mass is 9.85. The number of anilines is 12. The van der Waals surface area contributed by atoms with E-state index in [1.165, 1.54) is 132 Å². The Balaban J connectivity index is 0.000000159. The Kier molecular flexibility index (Phi) is 20.7. The van der Waals surface area contributed by atoms with E-state index in [4.69, 9.17) is 16.0 Å². The number of ether oxygens (including phenoxy) is 2. The molecule has 2 heterocycles. The van der Waals surface area contributed by atoms with E-state index < -0.39 is 0 Å². The Morgan fingerprint density at radius 1 is 0.227 bits per heavy atom. The molecule has 0 saturated carbocycles. The quantitative estimate of drug-likeness (QED) is 0.0794. The molecule has 132 heavy (non-hydrogen) atoms. The number of benzene rings is 20. The molecule has 0 aliphatic carbocycles. The number of fused-ring (bicyclic) bond motifs is 12. The first-order valence-corrected chi connectivity index (χ1v) is 45.4. The predicted octanol–water partition coefficient (Wildman–Crippen LogP) is 35.8. The summed E-state index contributed by atoms with van der Waals surface area (Å²) in [6, 6.07) is 125. The molecule has 0 amide bonds. The Hall–Kier alpha value is -16.3. The van der Waals surface area contributed by atoms with Crippen LogP contribution in [0.15, 0.2) is 340 Å². The summed E-state index contributed by atoms with van der Waals surface area (Å²) in [5.41, 5.74) is 40.0. The molecule has 0 N–H and O–H groups in total. The van der Waals surface area contributed by atoms with Gasteiger partial charge in [0.2, 0.25) is 0 Å². The molecule has 0 radical (unpaired) electrons. The minimum atomic E-state index is 0.648. The molecule has 20 aromatic carbocycles. The summed E-state index contributed by atoms with van der Waals surface area (Å²) in [5.74, 6) is 3.41. The summed E-state index contributed by atoms with van der Waals surface area (Å²) < 4.78 is 14.1. The monoisotopic (exact) mass is 1700 g/mol. The molecule has 0 atom stereocenters. The van der Waals surface area contributed by atoms with Crippen LogP contribution in [0, 0.1) is 115 Å². The third-order valence-corrected chi connectivity index (χ3v) is 26.6. The normalized spacial score (nSPS) is 11.7. The highest BCUT2D eigenvalue weighted by atomic mass is 16.5. The van der Waals surface area contributed by atoms with E-state index in [0.717, 1.165) is 146 Å². The maximum atomic E-state index is 9.78. The van der Waals surface area contributed by atoms with Crippen molar-refractivity contribution >= 4 is 139 Å². The highest BCUT2D eigenvalue weighted by molar-refractivity contribution is 6.28. The second-order valence-electron chi connectivity index (χ2n) is 36.3.